The number of esters is 1. The number of hydrogen-bond acceptors (Lipinski definition) is 5. The number of nitrogens with one attached hydrogen (secondary N) is 2. The number of rotatable bonds is 9. The van der Waals surface area contributed by atoms with Gasteiger partial charge in [-0.25, -0.2) is 8.42 Å². The quantitative estimate of drug-likeness (QED) is 0.512. The zero-order valence-corrected chi connectivity index (χ0v) is 19.6. The van der Waals surface area contributed by atoms with Gasteiger partial charge in [0.05, 0.1) is 14.9 Å². The minimum Gasteiger partial charge on any atom is -0.454 e. The lowest BCUT2D eigenvalue weighted by Gasteiger charge is -2.14. The zero-order valence-electron chi connectivity index (χ0n) is 17.3. The molecular formula is C21H24Cl2N2O5S. The Hall–Kier alpha value is -2.13. The largest absolute Gasteiger partial charge is 0.454 e. The predicted molar refractivity (Wildman–Crippen MR) is 121 cm³/mol. The summed E-state index contributed by atoms with van der Waals surface area (Å²) in [6.07, 6.45) is 1.01. The molecule has 2 atom stereocenters. The predicted octanol–water partition coefficient (Wildman–Crippen LogP) is 4.36. The van der Waals surface area contributed by atoms with Crippen molar-refractivity contribution in [3.8, 4) is 0 Å². The van der Waals surface area contributed by atoms with E-state index in [0.29, 0.717) is 11.6 Å². The summed E-state index contributed by atoms with van der Waals surface area (Å²) in [5.41, 5.74) is 1.73. The Morgan fingerprint density at radius 2 is 1.68 bits per heavy atom. The molecule has 0 aromatic heterocycles. The van der Waals surface area contributed by atoms with Crippen molar-refractivity contribution in [2.75, 3.05) is 11.9 Å². The van der Waals surface area contributed by atoms with Crippen LogP contribution in [0.4, 0.5) is 5.69 Å². The fraction of sp³-hybridized carbons (Fsp3) is 0.333. The van der Waals surface area contributed by atoms with Crippen LogP contribution < -0.4 is 10.0 Å². The molecule has 0 saturated carbocycles. The highest BCUT2D eigenvalue weighted by molar-refractivity contribution is 7.89. The molecule has 2 rings (SSSR count). The Kier molecular flexibility index (Phi) is 8.88. The van der Waals surface area contributed by atoms with Gasteiger partial charge in [0, 0.05) is 5.69 Å². The van der Waals surface area contributed by atoms with E-state index in [-0.39, 0.29) is 14.9 Å². The Bertz CT molecular complexity index is 1040. The molecule has 1 amide bonds. The maximum absolute atomic E-state index is 12.4. The SMILES string of the molecule is CCC(C)c1ccc(NC(=O)COC(=O)[C@H](C)NS(=O)(=O)c2ccc(Cl)c(Cl)c2)cc1. The summed E-state index contributed by atoms with van der Waals surface area (Å²) in [7, 11) is -4.04. The first kappa shape index (κ1) is 25.1. The summed E-state index contributed by atoms with van der Waals surface area (Å²) in [6.45, 7) is 4.97. The molecule has 2 aromatic rings. The smallest absolute Gasteiger partial charge is 0.324 e. The molecule has 168 valence electrons. The van der Waals surface area contributed by atoms with E-state index in [2.05, 4.69) is 23.9 Å². The number of hydrogen-bond donors (Lipinski definition) is 2. The van der Waals surface area contributed by atoms with Crippen LogP contribution in [-0.4, -0.2) is 32.9 Å². The number of benzene rings is 2. The molecule has 0 radical (unpaired) electrons. The molecular weight excluding hydrogens is 463 g/mol. The minimum absolute atomic E-state index is 0.0635. The van der Waals surface area contributed by atoms with Crippen LogP contribution >= 0.6 is 23.2 Å². The third kappa shape index (κ3) is 7.21. The van der Waals surface area contributed by atoms with Gasteiger partial charge in [-0.2, -0.15) is 4.72 Å². The molecule has 0 aliphatic carbocycles. The van der Waals surface area contributed by atoms with Crippen molar-refractivity contribution < 1.29 is 22.7 Å². The summed E-state index contributed by atoms with van der Waals surface area (Å²) < 4.78 is 31.9. The van der Waals surface area contributed by atoms with Crippen LogP contribution in [0.25, 0.3) is 0 Å². The van der Waals surface area contributed by atoms with Crippen LogP contribution in [0.3, 0.4) is 0 Å². The van der Waals surface area contributed by atoms with Crippen LogP contribution in [0.2, 0.25) is 10.0 Å². The third-order valence-electron chi connectivity index (χ3n) is 4.61. The van der Waals surface area contributed by atoms with Gasteiger partial charge < -0.3 is 10.1 Å². The first-order valence-corrected chi connectivity index (χ1v) is 11.8. The van der Waals surface area contributed by atoms with Crippen LogP contribution in [0, 0.1) is 0 Å². The highest BCUT2D eigenvalue weighted by Gasteiger charge is 2.24. The molecule has 0 aliphatic rings. The molecule has 0 saturated heterocycles. The van der Waals surface area contributed by atoms with Gasteiger partial charge >= 0.3 is 5.97 Å². The summed E-state index contributed by atoms with van der Waals surface area (Å²) in [4.78, 5) is 24.0. The fourth-order valence-electron chi connectivity index (χ4n) is 2.58. The lowest BCUT2D eigenvalue weighted by atomic mass is 9.99. The number of ether oxygens (including phenoxy) is 1. The van der Waals surface area contributed by atoms with Gasteiger partial charge in [0.25, 0.3) is 5.91 Å². The Balaban J connectivity index is 1.88. The molecule has 2 N–H and O–H groups in total. The molecule has 0 aliphatic heterocycles. The lowest BCUT2D eigenvalue weighted by Crippen LogP contribution is -2.40. The topological polar surface area (TPSA) is 102 Å². The monoisotopic (exact) mass is 486 g/mol. The van der Waals surface area contributed by atoms with Crippen molar-refractivity contribution in [1.29, 1.82) is 0 Å². The average Bonchev–Trinajstić information content (AvgIpc) is 2.73. The first-order chi connectivity index (χ1) is 14.5. The molecule has 0 bridgehead atoms. The number of sulfonamides is 1. The second-order valence-electron chi connectivity index (χ2n) is 7.01. The maximum Gasteiger partial charge on any atom is 0.324 e. The zero-order chi connectivity index (χ0) is 23.2. The number of carbonyl (C=O) groups excluding carboxylic acids is 2. The van der Waals surface area contributed by atoms with Gasteiger partial charge in [-0.15, -0.1) is 0 Å². The molecule has 31 heavy (non-hydrogen) atoms. The molecule has 0 spiro atoms. The molecule has 0 heterocycles. The van der Waals surface area contributed by atoms with Gasteiger partial charge in [0.1, 0.15) is 6.04 Å². The van der Waals surface area contributed by atoms with Crippen molar-refractivity contribution in [1.82, 2.24) is 4.72 Å². The van der Waals surface area contributed by atoms with Gasteiger partial charge in [0.15, 0.2) is 6.61 Å². The van der Waals surface area contributed by atoms with Crippen molar-refractivity contribution in [3.63, 3.8) is 0 Å². The van der Waals surface area contributed by atoms with Gasteiger partial charge in [-0.1, -0.05) is 49.2 Å². The Labute approximate surface area is 192 Å². The van der Waals surface area contributed by atoms with E-state index in [1.165, 1.54) is 25.1 Å². The van der Waals surface area contributed by atoms with E-state index in [4.69, 9.17) is 27.9 Å². The molecule has 0 fully saturated rings. The Morgan fingerprint density at radius 1 is 1.03 bits per heavy atom. The summed E-state index contributed by atoms with van der Waals surface area (Å²) in [5, 5.41) is 2.89. The molecule has 10 heteroatoms. The maximum atomic E-state index is 12.4. The van der Waals surface area contributed by atoms with Crippen molar-refractivity contribution >= 4 is 50.8 Å². The Morgan fingerprint density at radius 3 is 2.26 bits per heavy atom. The molecule has 2 aromatic carbocycles. The third-order valence-corrected chi connectivity index (χ3v) is 6.89. The summed E-state index contributed by atoms with van der Waals surface area (Å²) in [5.74, 6) is -1.02. The van der Waals surface area contributed by atoms with Gasteiger partial charge in [0.2, 0.25) is 10.0 Å². The number of halogens is 2. The van der Waals surface area contributed by atoms with Gasteiger partial charge in [-0.3, -0.25) is 9.59 Å². The normalized spacial score (nSPS) is 13.3. The van der Waals surface area contributed by atoms with E-state index >= 15 is 0 Å². The number of anilines is 1. The highest BCUT2D eigenvalue weighted by atomic mass is 35.5. The van der Waals surface area contributed by atoms with Crippen molar-refractivity contribution in [2.45, 2.75) is 44.0 Å². The van der Waals surface area contributed by atoms with E-state index < -0.39 is 34.5 Å². The second kappa shape index (κ2) is 10.9. The van der Waals surface area contributed by atoms with E-state index in [9.17, 15) is 18.0 Å². The van der Waals surface area contributed by atoms with Gasteiger partial charge in [-0.05, 0) is 55.2 Å². The van der Waals surface area contributed by atoms with Crippen LogP contribution in [0.15, 0.2) is 47.4 Å². The van der Waals surface area contributed by atoms with Crippen LogP contribution in [-0.2, 0) is 24.3 Å². The van der Waals surface area contributed by atoms with E-state index in [1.807, 2.05) is 12.1 Å². The van der Waals surface area contributed by atoms with E-state index in [1.54, 1.807) is 12.1 Å². The first-order valence-electron chi connectivity index (χ1n) is 9.57. The molecule has 1 unspecified atom stereocenters. The lowest BCUT2D eigenvalue weighted by molar-refractivity contribution is -0.148. The minimum atomic E-state index is -4.04. The standard InChI is InChI=1S/C21H24Cl2N2O5S/c1-4-13(2)15-5-7-16(8-6-15)24-20(26)12-30-21(27)14(3)25-31(28,29)17-9-10-18(22)19(23)11-17/h5-11,13-14,25H,4,12H2,1-3H3,(H,24,26)/t13?,14-/m0/s1. The second-order valence-corrected chi connectivity index (χ2v) is 9.53. The summed E-state index contributed by atoms with van der Waals surface area (Å²) in [6, 6.07) is 9.94. The van der Waals surface area contributed by atoms with Crippen LogP contribution in [0.5, 0.6) is 0 Å². The molecule has 7 nitrogen and oxygen atoms in total. The highest BCUT2D eigenvalue weighted by Crippen LogP contribution is 2.25. The van der Waals surface area contributed by atoms with Crippen LogP contribution in [0.1, 0.15) is 38.7 Å². The fourth-order valence-corrected chi connectivity index (χ4v) is 4.16. The summed E-state index contributed by atoms with van der Waals surface area (Å²) >= 11 is 11.6. The average molecular weight is 487 g/mol. The number of carbonyl (C=O) groups is 2. The van der Waals surface area contributed by atoms with Crippen molar-refractivity contribution in [3.05, 3.63) is 58.1 Å². The van der Waals surface area contributed by atoms with Crippen molar-refractivity contribution in [2.24, 2.45) is 0 Å². The van der Waals surface area contributed by atoms with E-state index in [0.717, 1.165) is 12.0 Å². The number of amides is 1.